The molecular weight excluding hydrogens is 569 g/mol. The quantitative estimate of drug-likeness (QED) is 0.0519. The van der Waals surface area contributed by atoms with Crippen molar-refractivity contribution < 1.29 is 4.57 Å². The van der Waals surface area contributed by atoms with Gasteiger partial charge in [0.05, 0.1) is 6.54 Å². The summed E-state index contributed by atoms with van der Waals surface area (Å²) in [6.45, 7) is 6.81. The van der Waals surface area contributed by atoms with Gasteiger partial charge in [-0.05, 0) is 24.8 Å². The Morgan fingerprint density at radius 1 is 0.426 bits per heavy atom. The van der Waals surface area contributed by atoms with Crippen LogP contribution in [0, 0.1) is 0 Å². The number of unbranched alkanes of at least 4 members (excludes halogenated alkanes) is 29. The zero-order valence-electron chi connectivity index (χ0n) is 32.0. The smallest absolute Gasteiger partial charge is 0.234 e. The molecule has 0 radical (unpaired) electrons. The van der Waals surface area contributed by atoms with Crippen LogP contribution in [0.3, 0.4) is 0 Å². The van der Waals surface area contributed by atoms with E-state index >= 15 is 0 Å². The van der Waals surface area contributed by atoms with Crippen LogP contribution in [0.25, 0.3) is 0 Å². The van der Waals surface area contributed by atoms with Gasteiger partial charge in [-0.2, -0.15) is 0 Å². The maximum atomic E-state index is 2.59. The summed E-state index contributed by atoms with van der Waals surface area (Å²) in [4.78, 5) is 0. The molecule has 0 spiro atoms. The zero-order chi connectivity index (χ0) is 33.3. The molecule has 0 aliphatic heterocycles. The highest BCUT2D eigenvalue weighted by Crippen LogP contribution is 2.16. The number of imidazole rings is 1. The van der Waals surface area contributed by atoms with Crippen molar-refractivity contribution in [1.29, 1.82) is 0 Å². The molecule has 0 atom stereocenters. The molecule has 2 rings (SSSR count). The summed E-state index contributed by atoms with van der Waals surface area (Å²) < 4.78 is 5.13. The molecule has 0 saturated heterocycles. The molecule has 0 unspecified atom stereocenters. The molecule has 0 aliphatic rings. The molecule has 2 heteroatoms. The Bertz CT molecular complexity index is 900. The Labute approximate surface area is 294 Å². The fraction of sp³-hybridized carbons (Fsp3) is 0.800. The Morgan fingerprint density at radius 3 is 1.19 bits per heavy atom. The molecule has 1 heterocycles. The number of aromatic nitrogens is 2. The number of rotatable bonds is 35. The highest BCUT2D eigenvalue weighted by molar-refractivity contribution is 5.15. The summed E-state index contributed by atoms with van der Waals surface area (Å²) in [6, 6.07) is 11.0. The summed E-state index contributed by atoms with van der Waals surface area (Å²) in [5.74, 6) is 1.55. The van der Waals surface area contributed by atoms with Crippen LogP contribution in [0.5, 0.6) is 0 Å². The van der Waals surface area contributed by atoms with Crippen LogP contribution < -0.4 is 4.57 Å². The van der Waals surface area contributed by atoms with Crippen molar-refractivity contribution in [2.45, 2.75) is 232 Å². The van der Waals surface area contributed by atoms with Gasteiger partial charge in [0.2, 0.25) is 0 Å². The lowest BCUT2D eigenvalue weighted by atomic mass is 10.0. The number of hydrogen-bond acceptors (Lipinski definition) is 0. The lowest BCUT2D eigenvalue weighted by Crippen LogP contribution is -2.37. The predicted octanol–water partition coefficient (Wildman–Crippen LogP) is 14.5. The second kappa shape index (κ2) is 31.7. The molecule has 270 valence electrons. The van der Waals surface area contributed by atoms with Crippen LogP contribution in [-0.4, -0.2) is 4.57 Å². The van der Waals surface area contributed by atoms with Gasteiger partial charge in [-0.3, -0.25) is 0 Å². The number of aryl methyl sites for hydroxylation is 1. The number of benzene rings is 1. The Morgan fingerprint density at radius 2 is 0.787 bits per heavy atom. The minimum Gasteiger partial charge on any atom is -0.234 e. The molecular formula is C45H81N2+. The van der Waals surface area contributed by atoms with E-state index in [1.165, 1.54) is 218 Å². The van der Waals surface area contributed by atoms with Crippen molar-refractivity contribution in [1.82, 2.24) is 4.57 Å². The van der Waals surface area contributed by atoms with Gasteiger partial charge in [-0.25, -0.2) is 9.13 Å². The predicted molar refractivity (Wildman–Crippen MR) is 208 cm³/mol. The SMILES string of the molecule is CCCCCCCCCCCCCCCCCCc1n(Cc2ccccc2)cc[n+]1CCCCCCCCCCCCCCCCC. The molecule has 0 saturated carbocycles. The van der Waals surface area contributed by atoms with Crippen LogP contribution in [0.4, 0.5) is 0 Å². The summed E-state index contributed by atoms with van der Waals surface area (Å²) in [7, 11) is 0. The van der Waals surface area contributed by atoms with E-state index in [0.717, 1.165) is 6.54 Å². The van der Waals surface area contributed by atoms with Crippen LogP contribution in [0.15, 0.2) is 42.7 Å². The first-order valence-electron chi connectivity index (χ1n) is 21.5. The van der Waals surface area contributed by atoms with Gasteiger partial charge in [0.25, 0.3) is 5.82 Å². The monoisotopic (exact) mass is 650 g/mol. The van der Waals surface area contributed by atoms with Crippen molar-refractivity contribution in [2.75, 3.05) is 0 Å². The molecule has 2 aromatic rings. The first kappa shape index (κ1) is 41.6. The first-order valence-corrected chi connectivity index (χ1v) is 21.5. The number of hydrogen-bond donors (Lipinski definition) is 0. The number of nitrogens with zero attached hydrogens (tertiary/aromatic N) is 2. The highest BCUT2D eigenvalue weighted by atomic mass is 15.1. The molecule has 47 heavy (non-hydrogen) atoms. The van der Waals surface area contributed by atoms with E-state index in [1.807, 2.05) is 0 Å². The third-order valence-electron chi connectivity index (χ3n) is 10.5. The summed E-state index contributed by atoms with van der Waals surface area (Å²) in [6.07, 6.45) is 50.4. The molecule has 0 N–H and O–H groups in total. The van der Waals surface area contributed by atoms with Crippen molar-refractivity contribution in [3.8, 4) is 0 Å². The highest BCUT2D eigenvalue weighted by Gasteiger charge is 2.17. The van der Waals surface area contributed by atoms with Gasteiger partial charge >= 0.3 is 0 Å². The molecule has 2 nitrogen and oxygen atoms in total. The third-order valence-corrected chi connectivity index (χ3v) is 10.5. The van der Waals surface area contributed by atoms with Crippen molar-refractivity contribution in [3.63, 3.8) is 0 Å². The standard InChI is InChI=1S/C45H81N2/c1-3-5-7-9-11-13-15-17-19-20-22-24-26-28-30-35-39-45-46(41-42-47(45)43-44-37-33-32-34-38-44)40-36-31-29-27-25-23-21-18-16-14-12-10-8-6-4-2/h32-34,37-38,41-42H,3-31,35-36,39-40,43H2,1-2H3/q+1. The average Bonchev–Trinajstić information content (AvgIpc) is 3.47. The molecule has 0 fully saturated rings. The van der Waals surface area contributed by atoms with Gasteiger partial charge in [-0.1, -0.05) is 224 Å². The lowest BCUT2D eigenvalue weighted by molar-refractivity contribution is -0.704. The van der Waals surface area contributed by atoms with Gasteiger partial charge in [0, 0.05) is 6.42 Å². The summed E-state index contributed by atoms with van der Waals surface area (Å²) in [5, 5.41) is 0. The van der Waals surface area contributed by atoms with Crippen LogP contribution in [0.2, 0.25) is 0 Å². The topological polar surface area (TPSA) is 8.81 Å². The maximum absolute atomic E-state index is 2.59. The molecule has 1 aromatic carbocycles. The van der Waals surface area contributed by atoms with E-state index in [-0.39, 0.29) is 0 Å². The zero-order valence-corrected chi connectivity index (χ0v) is 32.0. The van der Waals surface area contributed by atoms with Crippen molar-refractivity contribution >= 4 is 0 Å². The van der Waals surface area contributed by atoms with Crippen molar-refractivity contribution in [2.24, 2.45) is 0 Å². The van der Waals surface area contributed by atoms with Gasteiger partial charge in [0.15, 0.2) is 0 Å². The van der Waals surface area contributed by atoms with E-state index < -0.39 is 0 Å². The Hall–Kier alpha value is -1.57. The minimum atomic E-state index is 1.00. The lowest BCUT2D eigenvalue weighted by Gasteiger charge is -2.07. The maximum Gasteiger partial charge on any atom is 0.256 e. The van der Waals surface area contributed by atoms with Crippen LogP contribution >= 0.6 is 0 Å². The van der Waals surface area contributed by atoms with Crippen LogP contribution in [-0.2, 0) is 19.5 Å². The molecule has 0 amide bonds. The molecule has 0 bridgehead atoms. The van der Waals surface area contributed by atoms with E-state index in [2.05, 4.69) is 65.7 Å². The fourth-order valence-electron chi connectivity index (χ4n) is 7.40. The summed E-state index contributed by atoms with van der Waals surface area (Å²) in [5.41, 5.74) is 1.41. The van der Waals surface area contributed by atoms with E-state index in [1.54, 1.807) is 5.82 Å². The Kier molecular flexibility index (Phi) is 28.0. The second-order valence-corrected chi connectivity index (χ2v) is 15.0. The minimum absolute atomic E-state index is 1.00. The largest absolute Gasteiger partial charge is 0.256 e. The van der Waals surface area contributed by atoms with Crippen molar-refractivity contribution in [3.05, 3.63) is 54.1 Å². The van der Waals surface area contributed by atoms with Gasteiger partial charge in [0.1, 0.15) is 18.9 Å². The Balaban J connectivity index is 1.54. The third kappa shape index (κ3) is 23.4. The van der Waals surface area contributed by atoms with E-state index in [9.17, 15) is 0 Å². The fourth-order valence-corrected chi connectivity index (χ4v) is 7.40. The van der Waals surface area contributed by atoms with E-state index in [0.29, 0.717) is 0 Å². The van der Waals surface area contributed by atoms with Gasteiger partial charge < -0.3 is 0 Å². The average molecular weight is 650 g/mol. The van der Waals surface area contributed by atoms with E-state index in [4.69, 9.17) is 0 Å². The first-order chi connectivity index (χ1) is 23.3. The van der Waals surface area contributed by atoms with Crippen LogP contribution in [0.1, 0.15) is 224 Å². The summed E-state index contributed by atoms with van der Waals surface area (Å²) >= 11 is 0. The molecule has 1 aromatic heterocycles. The normalized spacial score (nSPS) is 11.5. The molecule has 0 aliphatic carbocycles. The second-order valence-electron chi connectivity index (χ2n) is 15.0. The van der Waals surface area contributed by atoms with Gasteiger partial charge in [-0.15, -0.1) is 0 Å².